The molecule has 16 heavy (non-hydrogen) atoms. The second kappa shape index (κ2) is 3.38. The Hall–Kier alpha value is -2.29. The Balaban J connectivity index is 2.22. The molecule has 0 amide bonds. The summed E-state index contributed by atoms with van der Waals surface area (Å²) in [5.41, 5.74) is 3.37. The zero-order chi connectivity index (χ0) is 11.0. The molecule has 2 N–H and O–H groups in total. The van der Waals surface area contributed by atoms with E-state index in [1.165, 1.54) is 0 Å². The normalized spacial score (nSPS) is 12.2. The van der Waals surface area contributed by atoms with Gasteiger partial charge in [-0.2, -0.15) is 0 Å². The lowest BCUT2D eigenvalue weighted by molar-refractivity contribution is 0.478. The molecule has 0 radical (unpaired) electrons. The summed E-state index contributed by atoms with van der Waals surface area (Å²) in [6.07, 6.45) is 1.80. The predicted octanol–water partition coefficient (Wildman–Crippen LogP) is 3.20. The van der Waals surface area contributed by atoms with Crippen LogP contribution in [0.3, 0.4) is 0 Å². The minimum atomic E-state index is 0.214. The lowest BCUT2D eigenvalue weighted by atomic mass is 10.2. The summed E-state index contributed by atoms with van der Waals surface area (Å²) in [5, 5.41) is 13.0. The van der Waals surface area contributed by atoms with Crippen LogP contribution in [0.1, 0.15) is 5.56 Å². The lowest BCUT2D eigenvalue weighted by Crippen LogP contribution is -1.92. The Kier molecular flexibility index (Phi) is 1.90. The first-order valence-electron chi connectivity index (χ1n) is 5.07. The lowest BCUT2D eigenvalue weighted by Gasteiger charge is -2.09. The quantitative estimate of drug-likeness (QED) is 0.559. The van der Waals surface area contributed by atoms with Crippen LogP contribution >= 0.6 is 0 Å². The summed E-state index contributed by atoms with van der Waals surface area (Å²) in [6, 6.07) is 13.1. The number of aliphatic imine (C=N–C) groups is 1. The van der Waals surface area contributed by atoms with Crippen molar-refractivity contribution >= 4 is 23.3 Å². The summed E-state index contributed by atoms with van der Waals surface area (Å²) >= 11 is 0. The van der Waals surface area contributed by atoms with Crippen molar-refractivity contribution < 1.29 is 5.11 Å². The van der Waals surface area contributed by atoms with Crippen LogP contribution in [0.15, 0.2) is 47.5 Å². The van der Waals surface area contributed by atoms with Crippen molar-refractivity contribution in [2.75, 3.05) is 5.32 Å². The number of phenols is 1. The highest BCUT2D eigenvalue weighted by molar-refractivity contribution is 5.96. The third kappa shape index (κ3) is 1.34. The van der Waals surface area contributed by atoms with Crippen molar-refractivity contribution in [3.63, 3.8) is 0 Å². The molecule has 0 fully saturated rings. The van der Waals surface area contributed by atoms with Gasteiger partial charge >= 0.3 is 0 Å². The first-order valence-corrected chi connectivity index (χ1v) is 5.07. The average molecular weight is 210 g/mol. The van der Waals surface area contributed by atoms with Gasteiger partial charge < -0.3 is 10.4 Å². The van der Waals surface area contributed by atoms with Crippen LogP contribution in [0.25, 0.3) is 0 Å². The summed E-state index contributed by atoms with van der Waals surface area (Å²) in [4.78, 5) is 4.34. The molecule has 0 aliphatic carbocycles. The van der Waals surface area contributed by atoms with E-state index in [9.17, 15) is 5.11 Å². The Morgan fingerprint density at radius 1 is 1.00 bits per heavy atom. The number of hydrogen-bond donors (Lipinski definition) is 2. The van der Waals surface area contributed by atoms with Crippen molar-refractivity contribution in [3.8, 4) is 5.75 Å². The molecule has 1 aliphatic rings. The average Bonchev–Trinajstić information content (AvgIpc) is 2.50. The number of hydrogen-bond acceptors (Lipinski definition) is 3. The number of nitrogens with zero attached hydrogens (tertiary/aromatic N) is 1. The predicted molar refractivity (Wildman–Crippen MR) is 65.1 cm³/mol. The van der Waals surface area contributed by atoms with Gasteiger partial charge in [0, 0.05) is 17.5 Å². The van der Waals surface area contributed by atoms with Crippen molar-refractivity contribution in [2.24, 2.45) is 4.99 Å². The van der Waals surface area contributed by atoms with Gasteiger partial charge in [-0.1, -0.05) is 24.3 Å². The fraction of sp³-hybridized carbons (Fsp3) is 0. The van der Waals surface area contributed by atoms with E-state index in [1.807, 2.05) is 30.3 Å². The van der Waals surface area contributed by atoms with Crippen molar-refractivity contribution in [1.82, 2.24) is 0 Å². The maximum absolute atomic E-state index is 9.77. The zero-order valence-electron chi connectivity index (χ0n) is 8.51. The van der Waals surface area contributed by atoms with Gasteiger partial charge in [-0.3, -0.25) is 4.99 Å². The SMILES string of the molecule is Oc1cccc2c1Nc1ccccc1C=N2. The molecule has 0 bridgehead atoms. The van der Waals surface area contributed by atoms with E-state index in [1.54, 1.807) is 18.3 Å². The molecule has 0 aromatic heterocycles. The third-order valence-electron chi connectivity index (χ3n) is 2.58. The Morgan fingerprint density at radius 2 is 1.88 bits per heavy atom. The van der Waals surface area contributed by atoms with Gasteiger partial charge in [0.1, 0.15) is 11.4 Å². The molecule has 3 nitrogen and oxygen atoms in total. The molecule has 0 unspecified atom stereocenters. The van der Waals surface area contributed by atoms with E-state index >= 15 is 0 Å². The second-order valence-electron chi connectivity index (χ2n) is 3.64. The number of para-hydroxylation sites is 2. The monoisotopic (exact) mass is 210 g/mol. The minimum Gasteiger partial charge on any atom is -0.506 e. The number of phenolic OH excluding ortho intramolecular Hbond substituents is 1. The molecule has 2 aromatic carbocycles. The van der Waals surface area contributed by atoms with Crippen LogP contribution in [-0.2, 0) is 0 Å². The van der Waals surface area contributed by atoms with Crippen molar-refractivity contribution in [1.29, 1.82) is 0 Å². The number of fused-ring (bicyclic) bond motifs is 2. The van der Waals surface area contributed by atoms with E-state index in [2.05, 4.69) is 10.3 Å². The summed E-state index contributed by atoms with van der Waals surface area (Å²) in [7, 11) is 0. The molecule has 0 spiro atoms. The van der Waals surface area contributed by atoms with Crippen molar-refractivity contribution in [2.45, 2.75) is 0 Å². The fourth-order valence-electron chi connectivity index (χ4n) is 1.76. The molecule has 1 aliphatic heterocycles. The summed E-state index contributed by atoms with van der Waals surface area (Å²) < 4.78 is 0. The van der Waals surface area contributed by atoms with Crippen LogP contribution in [0.2, 0.25) is 0 Å². The van der Waals surface area contributed by atoms with Gasteiger partial charge in [0.2, 0.25) is 0 Å². The standard InChI is InChI=1S/C13H10N2O/c16-12-7-3-6-11-13(12)15-10-5-2-1-4-9(10)8-14-11/h1-8,15-16H. The summed E-state index contributed by atoms with van der Waals surface area (Å²) in [6.45, 7) is 0. The minimum absolute atomic E-state index is 0.214. The highest BCUT2D eigenvalue weighted by Gasteiger charge is 2.11. The van der Waals surface area contributed by atoms with E-state index in [-0.39, 0.29) is 5.75 Å². The first kappa shape index (κ1) is 8.97. The summed E-state index contributed by atoms with van der Waals surface area (Å²) in [5.74, 6) is 0.214. The van der Waals surface area contributed by atoms with E-state index in [0.717, 1.165) is 16.9 Å². The smallest absolute Gasteiger partial charge is 0.141 e. The number of aromatic hydroxyl groups is 1. The van der Waals surface area contributed by atoms with E-state index in [0.29, 0.717) is 5.69 Å². The van der Waals surface area contributed by atoms with Gasteiger partial charge in [-0.25, -0.2) is 0 Å². The molecule has 1 heterocycles. The Morgan fingerprint density at radius 3 is 2.81 bits per heavy atom. The van der Waals surface area contributed by atoms with E-state index in [4.69, 9.17) is 0 Å². The molecule has 0 atom stereocenters. The molecule has 3 heteroatoms. The second-order valence-corrected chi connectivity index (χ2v) is 3.64. The first-order chi connectivity index (χ1) is 7.84. The maximum Gasteiger partial charge on any atom is 0.141 e. The maximum atomic E-state index is 9.77. The van der Waals surface area contributed by atoms with Crippen LogP contribution in [0.4, 0.5) is 17.1 Å². The molecule has 0 saturated heterocycles. The van der Waals surface area contributed by atoms with Crippen LogP contribution < -0.4 is 5.32 Å². The van der Waals surface area contributed by atoms with Crippen molar-refractivity contribution in [3.05, 3.63) is 48.0 Å². The number of benzene rings is 2. The molecule has 3 rings (SSSR count). The third-order valence-corrected chi connectivity index (χ3v) is 2.58. The molecule has 78 valence electrons. The number of nitrogens with one attached hydrogen (secondary N) is 1. The van der Waals surface area contributed by atoms with Gasteiger partial charge in [-0.05, 0) is 18.2 Å². The van der Waals surface area contributed by atoms with Crippen LogP contribution in [-0.4, -0.2) is 11.3 Å². The number of anilines is 2. The van der Waals surface area contributed by atoms with Crippen LogP contribution in [0, 0.1) is 0 Å². The van der Waals surface area contributed by atoms with Gasteiger partial charge in [-0.15, -0.1) is 0 Å². The topological polar surface area (TPSA) is 44.6 Å². The highest BCUT2D eigenvalue weighted by Crippen LogP contribution is 2.38. The van der Waals surface area contributed by atoms with E-state index < -0.39 is 0 Å². The Bertz CT molecular complexity index is 576. The Labute approximate surface area is 93.1 Å². The highest BCUT2D eigenvalue weighted by atomic mass is 16.3. The molecule has 2 aromatic rings. The molecular formula is C13H10N2O. The largest absolute Gasteiger partial charge is 0.506 e. The van der Waals surface area contributed by atoms with Crippen LogP contribution in [0.5, 0.6) is 5.75 Å². The molecule has 0 saturated carbocycles. The molecular weight excluding hydrogens is 200 g/mol. The zero-order valence-corrected chi connectivity index (χ0v) is 8.51. The van der Waals surface area contributed by atoms with Gasteiger partial charge in [0.25, 0.3) is 0 Å². The number of rotatable bonds is 0. The van der Waals surface area contributed by atoms with Gasteiger partial charge in [0.15, 0.2) is 0 Å². The van der Waals surface area contributed by atoms with Gasteiger partial charge in [0.05, 0.1) is 5.69 Å². The fourth-order valence-corrected chi connectivity index (χ4v) is 1.76.